The summed E-state index contributed by atoms with van der Waals surface area (Å²) < 4.78 is 13.6. The molecule has 0 aliphatic carbocycles. The highest BCUT2D eigenvalue weighted by Gasteiger charge is 2.37. The first-order chi connectivity index (χ1) is 17.2. The lowest BCUT2D eigenvalue weighted by Crippen LogP contribution is -2.22. The van der Waals surface area contributed by atoms with Gasteiger partial charge in [-0.2, -0.15) is 0 Å². The molecule has 35 heavy (non-hydrogen) atoms. The predicted molar refractivity (Wildman–Crippen MR) is 129 cm³/mol. The van der Waals surface area contributed by atoms with E-state index in [0.29, 0.717) is 50.2 Å². The van der Waals surface area contributed by atoms with Crippen LogP contribution in [0.1, 0.15) is 22.6 Å². The molecule has 0 spiro atoms. The van der Waals surface area contributed by atoms with Gasteiger partial charge in [-0.3, -0.25) is 4.98 Å². The fraction of sp³-hybridized carbons (Fsp3) is 0.0385. The lowest BCUT2D eigenvalue weighted by Gasteiger charge is -2.27. The van der Waals surface area contributed by atoms with Gasteiger partial charge in [-0.25, -0.2) is 19.3 Å². The van der Waals surface area contributed by atoms with Gasteiger partial charge in [-0.1, -0.05) is 35.9 Å². The van der Waals surface area contributed by atoms with Crippen molar-refractivity contribution in [1.82, 2.24) is 24.6 Å². The van der Waals surface area contributed by atoms with Crippen molar-refractivity contribution in [3.8, 4) is 23.0 Å². The van der Waals surface area contributed by atoms with Gasteiger partial charge in [-0.15, -0.1) is 5.10 Å². The Kier molecular flexibility index (Phi) is 4.24. The van der Waals surface area contributed by atoms with Crippen molar-refractivity contribution in [2.45, 2.75) is 5.92 Å². The number of hydrogen-bond donors (Lipinski definition) is 0. The number of ether oxygens (including phenoxy) is 1. The van der Waals surface area contributed by atoms with Crippen LogP contribution >= 0.6 is 11.6 Å². The molecule has 6 aromatic rings. The molecule has 1 atom stereocenters. The normalized spacial score (nSPS) is 14.5. The topological polar surface area (TPSA) is 95.4 Å². The molecular formula is C26H14ClN5O3. The minimum Gasteiger partial charge on any atom is -0.437 e. The molecule has 0 fully saturated rings. The van der Waals surface area contributed by atoms with E-state index >= 15 is 0 Å². The number of hydrogen-bond acceptors (Lipinski definition) is 7. The Balaban J connectivity index is 1.57. The fourth-order valence-corrected chi connectivity index (χ4v) is 4.76. The first-order valence-corrected chi connectivity index (χ1v) is 11.2. The summed E-state index contributed by atoms with van der Waals surface area (Å²) in [6.07, 6.45) is 4.93. The summed E-state index contributed by atoms with van der Waals surface area (Å²) in [4.78, 5) is 26.9. The molecule has 9 heteroatoms. The maximum Gasteiger partial charge on any atom is 0.344 e. The van der Waals surface area contributed by atoms with Crippen LogP contribution in [0.3, 0.4) is 0 Å². The summed E-state index contributed by atoms with van der Waals surface area (Å²) in [6.45, 7) is 0. The predicted octanol–water partition coefficient (Wildman–Crippen LogP) is 5.23. The Bertz CT molecular complexity index is 1830. The van der Waals surface area contributed by atoms with Gasteiger partial charge in [0, 0.05) is 23.0 Å². The smallest absolute Gasteiger partial charge is 0.344 e. The molecule has 0 saturated heterocycles. The van der Waals surface area contributed by atoms with Crippen LogP contribution in [0.5, 0.6) is 11.6 Å². The average molecular weight is 480 g/mol. The van der Waals surface area contributed by atoms with Gasteiger partial charge >= 0.3 is 5.63 Å². The van der Waals surface area contributed by atoms with Crippen LogP contribution in [-0.2, 0) is 0 Å². The third kappa shape index (κ3) is 3.04. The summed E-state index contributed by atoms with van der Waals surface area (Å²) in [5.74, 6) is 0.652. The second-order valence-corrected chi connectivity index (χ2v) is 8.56. The summed E-state index contributed by atoms with van der Waals surface area (Å²) in [5, 5.41) is 5.81. The van der Waals surface area contributed by atoms with E-state index in [4.69, 9.17) is 25.7 Å². The molecule has 2 aromatic carbocycles. The van der Waals surface area contributed by atoms with E-state index in [0.717, 1.165) is 11.1 Å². The zero-order valence-electron chi connectivity index (χ0n) is 17.9. The minimum atomic E-state index is -0.588. The maximum absolute atomic E-state index is 13.4. The van der Waals surface area contributed by atoms with Crippen molar-refractivity contribution < 1.29 is 9.15 Å². The second kappa shape index (κ2) is 7.48. The summed E-state index contributed by atoms with van der Waals surface area (Å²) in [5.41, 5.74) is 2.96. The zero-order chi connectivity index (χ0) is 23.5. The van der Waals surface area contributed by atoms with Gasteiger partial charge in [0.1, 0.15) is 11.9 Å². The van der Waals surface area contributed by atoms with Crippen LogP contribution in [0.25, 0.3) is 28.0 Å². The van der Waals surface area contributed by atoms with E-state index in [1.54, 1.807) is 41.4 Å². The molecule has 1 unspecified atom stereocenters. The van der Waals surface area contributed by atoms with Crippen molar-refractivity contribution in [3.63, 3.8) is 0 Å². The third-order valence-electron chi connectivity index (χ3n) is 6.06. The molecule has 8 nitrogen and oxygen atoms in total. The van der Waals surface area contributed by atoms with Crippen LogP contribution < -0.4 is 10.4 Å². The molecule has 1 aliphatic heterocycles. The number of para-hydroxylation sites is 1. The first-order valence-electron chi connectivity index (χ1n) is 10.8. The molecule has 4 aromatic heterocycles. The number of fused-ring (bicyclic) bond motifs is 6. The minimum absolute atomic E-state index is 0.343. The molecule has 0 saturated carbocycles. The van der Waals surface area contributed by atoms with Crippen molar-refractivity contribution in [2.24, 2.45) is 0 Å². The third-order valence-corrected chi connectivity index (χ3v) is 6.30. The summed E-state index contributed by atoms with van der Waals surface area (Å²) in [6, 6.07) is 18.3. The number of nitrogens with zero attached hydrogens (tertiary/aromatic N) is 5. The molecular weight excluding hydrogens is 466 g/mol. The molecule has 0 N–H and O–H groups in total. The maximum atomic E-state index is 13.4. The Labute approximate surface area is 202 Å². The molecule has 0 bridgehead atoms. The molecule has 0 amide bonds. The highest BCUT2D eigenvalue weighted by molar-refractivity contribution is 6.30. The largest absolute Gasteiger partial charge is 0.437 e. The van der Waals surface area contributed by atoms with Gasteiger partial charge in [-0.05, 0) is 42.0 Å². The Morgan fingerprint density at radius 1 is 1.00 bits per heavy atom. The van der Waals surface area contributed by atoms with Gasteiger partial charge in [0.2, 0.25) is 5.88 Å². The van der Waals surface area contributed by atoms with Gasteiger partial charge in [0.15, 0.2) is 17.2 Å². The Morgan fingerprint density at radius 3 is 2.77 bits per heavy atom. The van der Waals surface area contributed by atoms with Gasteiger partial charge in [0.05, 0.1) is 22.4 Å². The fourth-order valence-electron chi connectivity index (χ4n) is 4.57. The van der Waals surface area contributed by atoms with E-state index in [1.165, 1.54) is 0 Å². The number of benzene rings is 2. The second-order valence-electron chi connectivity index (χ2n) is 8.13. The van der Waals surface area contributed by atoms with Crippen molar-refractivity contribution >= 4 is 28.2 Å². The van der Waals surface area contributed by atoms with Crippen molar-refractivity contribution in [2.75, 3.05) is 0 Å². The van der Waals surface area contributed by atoms with E-state index in [-0.39, 0.29) is 0 Å². The van der Waals surface area contributed by atoms with Crippen LogP contribution in [0, 0.1) is 0 Å². The monoisotopic (exact) mass is 479 g/mol. The Hall–Kier alpha value is -4.56. The highest BCUT2D eigenvalue weighted by atomic mass is 35.5. The molecule has 7 rings (SSSR count). The summed E-state index contributed by atoms with van der Waals surface area (Å²) in [7, 11) is 0. The molecule has 168 valence electrons. The van der Waals surface area contributed by atoms with Gasteiger partial charge in [0.25, 0.3) is 0 Å². The van der Waals surface area contributed by atoms with Gasteiger partial charge < -0.3 is 9.15 Å². The number of halogens is 1. The zero-order valence-corrected chi connectivity index (χ0v) is 18.7. The van der Waals surface area contributed by atoms with E-state index in [9.17, 15) is 4.79 Å². The first kappa shape index (κ1) is 19.9. The molecule has 5 heterocycles. The standard InChI is InChI=1S/C26H14ClN5O3/c27-16-7-3-5-14(11-16)19-20-22(17-8-1-2-9-18(17)34-26(20)33)35-25-21(19)24-30-23(31-32(24)13-29-25)15-6-4-10-28-12-15/h1-13,19H. The highest BCUT2D eigenvalue weighted by Crippen LogP contribution is 2.49. The van der Waals surface area contributed by atoms with Crippen molar-refractivity contribution in [3.05, 3.63) is 112 Å². The van der Waals surface area contributed by atoms with Crippen molar-refractivity contribution in [1.29, 1.82) is 0 Å². The van der Waals surface area contributed by atoms with Crippen LogP contribution in [-0.4, -0.2) is 24.6 Å². The number of rotatable bonds is 2. The van der Waals surface area contributed by atoms with Crippen LogP contribution in [0.2, 0.25) is 5.02 Å². The number of pyridine rings is 1. The van der Waals surface area contributed by atoms with E-state index in [1.807, 2.05) is 42.5 Å². The lowest BCUT2D eigenvalue weighted by atomic mass is 9.84. The average Bonchev–Trinajstić information content (AvgIpc) is 3.33. The number of aromatic nitrogens is 5. The lowest BCUT2D eigenvalue weighted by molar-refractivity contribution is 0.422. The Morgan fingerprint density at radius 2 is 1.91 bits per heavy atom. The summed E-state index contributed by atoms with van der Waals surface area (Å²) >= 11 is 6.37. The van der Waals surface area contributed by atoms with Crippen LogP contribution in [0.4, 0.5) is 0 Å². The SMILES string of the molecule is O=c1oc2ccccc2c2c1C(c1cccc(Cl)c1)c1c(ncn3nc(-c4cccnc4)nc13)O2. The van der Waals surface area contributed by atoms with Crippen LogP contribution in [0.15, 0.2) is 88.6 Å². The quantitative estimate of drug-likeness (QED) is 0.313. The van der Waals surface area contributed by atoms with E-state index < -0.39 is 11.5 Å². The molecule has 0 radical (unpaired) electrons. The molecule has 1 aliphatic rings. The van der Waals surface area contributed by atoms with E-state index in [2.05, 4.69) is 15.1 Å².